The Kier molecular flexibility index (Phi) is 3.74. The molecule has 8 nitrogen and oxygen atoms in total. The molecule has 19 heavy (non-hydrogen) atoms. The second kappa shape index (κ2) is 5.30. The summed E-state index contributed by atoms with van der Waals surface area (Å²) >= 11 is 1.06. The molecule has 0 unspecified atom stereocenters. The predicted molar refractivity (Wildman–Crippen MR) is 71.0 cm³/mol. The summed E-state index contributed by atoms with van der Waals surface area (Å²) in [5.74, 6) is -0.429. The maximum Gasteiger partial charge on any atom is 0.296 e. The van der Waals surface area contributed by atoms with Crippen molar-refractivity contribution in [2.45, 2.75) is 0 Å². The monoisotopic (exact) mass is 299 g/mol. The number of aromatic nitrogens is 2. The van der Waals surface area contributed by atoms with Crippen molar-refractivity contribution in [2.24, 2.45) is 5.14 Å². The number of rotatable bonds is 4. The summed E-state index contributed by atoms with van der Waals surface area (Å²) in [6, 6.07) is 6.11. The van der Waals surface area contributed by atoms with Gasteiger partial charge in [0.2, 0.25) is 0 Å². The Balaban J connectivity index is 2.13. The minimum absolute atomic E-state index is 0.190. The molecule has 1 aromatic heterocycles. The molecule has 0 saturated heterocycles. The van der Waals surface area contributed by atoms with Crippen molar-refractivity contribution < 1.29 is 13.2 Å². The van der Waals surface area contributed by atoms with E-state index in [2.05, 4.69) is 19.6 Å². The first-order valence-electron chi connectivity index (χ1n) is 4.93. The summed E-state index contributed by atoms with van der Waals surface area (Å²) in [6.45, 7) is 0. The zero-order valence-corrected chi connectivity index (χ0v) is 11.0. The zero-order valence-electron chi connectivity index (χ0n) is 9.40. The highest BCUT2D eigenvalue weighted by Crippen LogP contribution is 2.16. The van der Waals surface area contributed by atoms with Crippen LogP contribution in [0.1, 0.15) is 10.5 Å². The van der Waals surface area contributed by atoms with Crippen LogP contribution >= 0.6 is 11.5 Å². The minimum Gasteiger partial charge on any atom is -0.320 e. The standard InChI is InChI=1S/C9H9N5O3S2/c10-19(16,17)13-7-3-1-2-6(4-7)11-9(15)8-5-18-14-12-8/h1-5,13H,(H,11,15)(H2,10,16,17). The number of carbonyl (C=O) groups is 1. The number of carbonyl (C=O) groups excluding carboxylic acids is 1. The molecule has 10 heteroatoms. The molecular weight excluding hydrogens is 290 g/mol. The maximum atomic E-state index is 11.7. The number of nitrogens with zero attached hydrogens (tertiary/aromatic N) is 2. The van der Waals surface area contributed by atoms with Gasteiger partial charge in [-0.05, 0) is 29.7 Å². The molecule has 1 aromatic carbocycles. The van der Waals surface area contributed by atoms with Gasteiger partial charge in [-0.15, -0.1) is 5.10 Å². The number of benzene rings is 1. The Morgan fingerprint density at radius 1 is 1.32 bits per heavy atom. The Bertz CT molecular complexity index is 684. The Morgan fingerprint density at radius 2 is 2.05 bits per heavy atom. The summed E-state index contributed by atoms with van der Waals surface area (Å²) in [7, 11) is -3.85. The third kappa shape index (κ3) is 3.98. The number of anilines is 2. The van der Waals surface area contributed by atoms with Gasteiger partial charge in [-0.25, -0.2) is 5.14 Å². The molecule has 0 atom stereocenters. The first-order valence-corrected chi connectivity index (χ1v) is 7.31. The fourth-order valence-electron chi connectivity index (χ4n) is 1.28. The molecule has 0 radical (unpaired) electrons. The molecule has 0 aliphatic carbocycles. The largest absolute Gasteiger partial charge is 0.320 e. The number of nitrogens with two attached hydrogens (primary N) is 1. The lowest BCUT2D eigenvalue weighted by Gasteiger charge is -2.07. The van der Waals surface area contributed by atoms with E-state index >= 15 is 0 Å². The van der Waals surface area contributed by atoms with E-state index in [1.165, 1.54) is 17.5 Å². The molecule has 4 N–H and O–H groups in total. The summed E-state index contributed by atoms with van der Waals surface area (Å²) in [5.41, 5.74) is 0.846. The second-order valence-corrected chi connectivity index (χ2v) is 5.38. The maximum absolute atomic E-state index is 11.7. The molecule has 100 valence electrons. The summed E-state index contributed by atoms with van der Waals surface area (Å²) in [6.07, 6.45) is 0. The van der Waals surface area contributed by atoms with E-state index in [0.29, 0.717) is 5.69 Å². The van der Waals surface area contributed by atoms with Crippen LogP contribution in [-0.4, -0.2) is 23.9 Å². The van der Waals surface area contributed by atoms with Crippen LogP contribution in [0.15, 0.2) is 29.6 Å². The van der Waals surface area contributed by atoms with Gasteiger partial charge in [-0.1, -0.05) is 10.6 Å². The third-order valence-corrected chi connectivity index (χ3v) is 3.00. The summed E-state index contributed by atoms with van der Waals surface area (Å²) in [5, 5.41) is 12.5. The van der Waals surface area contributed by atoms with Crippen LogP contribution in [0.2, 0.25) is 0 Å². The van der Waals surface area contributed by atoms with Gasteiger partial charge in [0.05, 0.1) is 5.69 Å². The van der Waals surface area contributed by atoms with Crippen molar-refractivity contribution in [1.29, 1.82) is 0 Å². The molecular formula is C9H9N5O3S2. The SMILES string of the molecule is NS(=O)(=O)Nc1cccc(NC(=O)c2csnn2)c1. The molecule has 0 aliphatic rings. The third-order valence-electron chi connectivity index (χ3n) is 1.97. The van der Waals surface area contributed by atoms with Crippen molar-refractivity contribution in [3.63, 3.8) is 0 Å². The van der Waals surface area contributed by atoms with Crippen molar-refractivity contribution in [3.05, 3.63) is 35.3 Å². The molecule has 1 amide bonds. The minimum atomic E-state index is -3.85. The van der Waals surface area contributed by atoms with Crippen LogP contribution in [0.3, 0.4) is 0 Å². The van der Waals surface area contributed by atoms with Gasteiger partial charge in [0.25, 0.3) is 16.1 Å². The van der Waals surface area contributed by atoms with Crippen molar-refractivity contribution in [2.75, 3.05) is 10.0 Å². The first-order chi connectivity index (χ1) is 8.94. The molecule has 0 aliphatic heterocycles. The number of nitrogens with one attached hydrogen (secondary N) is 2. The van der Waals surface area contributed by atoms with Gasteiger partial charge < -0.3 is 5.32 Å². The highest BCUT2D eigenvalue weighted by atomic mass is 32.2. The van der Waals surface area contributed by atoms with Crippen LogP contribution in [0.4, 0.5) is 11.4 Å². The normalized spacial score (nSPS) is 11.0. The smallest absolute Gasteiger partial charge is 0.296 e. The number of hydrogen-bond donors (Lipinski definition) is 3. The van der Waals surface area contributed by atoms with Crippen LogP contribution < -0.4 is 15.2 Å². The molecule has 0 fully saturated rings. The van der Waals surface area contributed by atoms with E-state index in [0.717, 1.165) is 11.5 Å². The van der Waals surface area contributed by atoms with Crippen LogP contribution in [0.5, 0.6) is 0 Å². The van der Waals surface area contributed by atoms with E-state index in [4.69, 9.17) is 5.14 Å². The molecule has 0 bridgehead atoms. The second-order valence-electron chi connectivity index (χ2n) is 3.47. The zero-order chi connectivity index (χ0) is 13.9. The highest BCUT2D eigenvalue weighted by Gasteiger charge is 2.09. The molecule has 2 aromatic rings. The van der Waals surface area contributed by atoms with E-state index in [1.807, 2.05) is 0 Å². The van der Waals surface area contributed by atoms with Gasteiger partial charge in [0.1, 0.15) is 0 Å². The fourth-order valence-corrected chi connectivity index (χ4v) is 2.18. The average Bonchev–Trinajstić information content (AvgIpc) is 2.80. The number of hydrogen-bond acceptors (Lipinski definition) is 6. The van der Waals surface area contributed by atoms with E-state index in [1.54, 1.807) is 12.1 Å². The van der Waals surface area contributed by atoms with E-state index in [9.17, 15) is 13.2 Å². The van der Waals surface area contributed by atoms with Crippen molar-refractivity contribution in [1.82, 2.24) is 9.59 Å². The van der Waals surface area contributed by atoms with Gasteiger partial charge >= 0.3 is 0 Å². The van der Waals surface area contributed by atoms with Crippen LogP contribution in [0, 0.1) is 0 Å². The van der Waals surface area contributed by atoms with Crippen LogP contribution in [0.25, 0.3) is 0 Å². The predicted octanol–water partition coefficient (Wildman–Crippen LogP) is 0.406. The van der Waals surface area contributed by atoms with Gasteiger partial charge in [0, 0.05) is 11.1 Å². The topological polar surface area (TPSA) is 127 Å². The van der Waals surface area contributed by atoms with Gasteiger partial charge in [-0.2, -0.15) is 8.42 Å². The average molecular weight is 299 g/mol. The lowest BCUT2D eigenvalue weighted by molar-refractivity contribution is 0.102. The molecule has 1 heterocycles. The lowest BCUT2D eigenvalue weighted by atomic mass is 10.3. The molecule has 0 spiro atoms. The highest BCUT2D eigenvalue weighted by molar-refractivity contribution is 7.90. The Hall–Kier alpha value is -2.04. The van der Waals surface area contributed by atoms with Gasteiger partial charge in [0.15, 0.2) is 5.69 Å². The quantitative estimate of drug-likeness (QED) is 0.753. The molecule has 0 saturated carbocycles. The molecule has 2 rings (SSSR count). The summed E-state index contributed by atoms with van der Waals surface area (Å²) in [4.78, 5) is 11.7. The van der Waals surface area contributed by atoms with Crippen molar-refractivity contribution >= 4 is 39.0 Å². The lowest BCUT2D eigenvalue weighted by Crippen LogP contribution is -2.21. The van der Waals surface area contributed by atoms with Crippen molar-refractivity contribution in [3.8, 4) is 0 Å². The summed E-state index contributed by atoms with van der Waals surface area (Å²) < 4.78 is 27.4. The van der Waals surface area contributed by atoms with E-state index in [-0.39, 0.29) is 11.4 Å². The van der Waals surface area contributed by atoms with E-state index < -0.39 is 16.1 Å². The Labute approximate surface area is 113 Å². The fraction of sp³-hybridized carbons (Fsp3) is 0. The van der Waals surface area contributed by atoms with Gasteiger partial charge in [-0.3, -0.25) is 9.52 Å². The van der Waals surface area contributed by atoms with Crippen LogP contribution in [-0.2, 0) is 10.2 Å². The Morgan fingerprint density at radius 3 is 2.68 bits per heavy atom. The first kappa shape index (κ1) is 13.4. The number of amides is 1.